The van der Waals surface area contributed by atoms with Gasteiger partial charge in [0.1, 0.15) is 13.2 Å². The van der Waals surface area contributed by atoms with Crippen molar-refractivity contribution in [2.75, 3.05) is 47.5 Å². The van der Waals surface area contributed by atoms with Crippen LogP contribution in [0.4, 0.5) is 0 Å². The number of carboxylic acids is 1. The molecule has 0 aliphatic carbocycles. The number of hydrogen-bond donors (Lipinski definition) is 0. The predicted octanol–water partition coefficient (Wildman–Crippen LogP) is 26.5. The maximum atomic E-state index is 13.0. The van der Waals surface area contributed by atoms with Crippen molar-refractivity contribution in [2.45, 2.75) is 334 Å². The average molecular weight is 1450 g/mol. The minimum Gasteiger partial charge on any atom is -0.545 e. The number of carbonyl (C=O) groups is 3. The van der Waals surface area contributed by atoms with Crippen molar-refractivity contribution in [1.29, 1.82) is 0 Å². The van der Waals surface area contributed by atoms with Gasteiger partial charge in [0.05, 0.1) is 40.3 Å². The first-order chi connectivity index (χ1) is 51.6. The van der Waals surface area contributed by atoms with Gasteiger partial charge in [-0.25, -0.2) is 0 Å². The Morgan fingerprint density at radius 3 is 0.762 bits per heavy atom. The summed E-state index contributed by atoms with van der Waals surface area (Å²) in [6.45, 7) is 4.52. The minimum atomic E-state index is -1.63. The number of aliphatic carboxylic acids is 1. The third kappa shape index (κ3) is 85.0. The largest absolute Gasteiger partial charge is 0.545 e. The highest BCUT2D eigenvalue weighted by Crippen LogP contribution is 2.17. The molecule has 0 aliphatic rings. The molecule has 0 aromatic rings. The fourth-order valence-corrected chi connectivity index (χ4v) is 11.2. The van der Waals surface area contributed by atoms with E-state index in [4.69, 9.17) is 18.9 Å². The van der Waals surface area contributed by atoms with Crippen molar-refractivity contribution in [2.24, 2.45) is 0 Å². The third-order valence-corrected chi connectivity index (χ3v) is 17.5. The first kappa shape index (κ1) is 98.9. The molecular formula is C96H155NO8. The van der Waals surface area contributed by atoms with Gasteiger partial charge >= 0.3 is 11.9 Å². The van der Waals surface area contributed by atoms with Crippen LogP contribution in [0.2, 0.25) is 0 Å². The molecule has 0 bridgehead atoms. The van der Waals surface area contributed by atoms with Crippen molar-refractivity contribution in [3.63, 3.8) is 0 Å². The number of carboxylic acid groups (broad SMARTS) is 1. The molecule has 0 saturated heterocycles. The quantitative estimate of drug-likeness (QED) is 0.0195. The molecule has 9 nitrogen and oxygen atoms in total. The highest BCUT2D eigenvalue weighted by Gasteiger charge is 2.22. The van der Waals surface area contributed by atoms with Crippen LogP contribution < -0.4 is 5.11 Å². The Labute approximate surface area is 645 Å². The number of ether oxygens (including phenoxy) is 4. The number of nitrogens with zero attached hydrogens (tertiary/aromatic N) is 1. The Hall–Kier alpha value is -6.13. The van der Waals surface area contributed by atoms with Crippen molar-refractivity contribution in [1.82, 2.24) is 0 Å². The number of allylic oxidation sites excluding steroid dienone is 34. The van der Waals surface area contributed by atoms with E-state index in [1.54, 1.807) is 0 Å². The molecule has 592 valence electrons. The van der Waals surface area contributed by atoms with Crippen molar-refractivity contribution in [3.8, 4) is 0 Å². The second-order valence-corrected chi connectivity index (χ2v) is 28.7. The molecule has 0 aliphatic heterocycles. The average Bonchev–Trinajstić information content (AvgIpc) is 1.18. The zero-order chi connectivity index (χ0) is 76.0. The van der Waals surface area contributed by atoms with E-state index in [0.717, 1.165) is 148 Å². The Kier molecular flexibility index (Phi) is 78.6. The molecule has 2 unspecified atom stereocenters. The van der Waals surface area contributed by atoms with Crippen LogP contribution in [0.25, 0.3) is 0 Å². The van der Waals surface area contributed by atoms with E-state index in [9.17, 15) is 19.5 Å². The Balaban J connectivity index is 4.07. The van der Waals surface area contributed by atoms with E-state index in [1.165, 1.54) is 141 Å². The number of unbranched alkanes of at least 4 members (excludes halogenated alkanes) is 27. The molecule has 0 aromatic heterocycles. The topological polar surface area (TPSA) is 111 Å². The highest BCUT2D eigenvalue weighted by molar-refractivity contribution is 5.70. The van der Waals surface area contributed by atoms with Crippen LogP contribution in [0.5, 0.6) is 0 Å². The smallest absolute Gasteiger partial charge is 0.306 e. The van der Waals surface area contributed by atoms with Crippen LogP contribution >= 0.6 is 0 Å². The zero-order valence-corrected chi connectivity index (χ0v) is 67.8. The second-order valence-electron chi connectivity index (χ2n) is 28.7. The van der Waals surface area contributed by atoms with Crippen LogP contribution in [0.1, 0.15) is 322 Å². The summed E-state index contributed by atoms with van der Waals surface area (Å²) in [6.07, 6.45) is 127. The lowest BCUT2D eigenvalue weighted by Crippen LogP contribution is -2.44. The summed E-state index contributed by atoms with van der Waals surface area (Å²) in [6, 6.07) is 0. The molecule has 0 rings (SSSR count). The first-order valence-corrected chi connectivity index (χ1v) is 42.2. The highest BCUT2D eigenvalue weighted by atomic mass is 16.7. The summed E-state index contributed by atoms with van der Waals surface area (Å²) in [4.78, 5) is 37.7. The van der Waals surface area contributed by atoms with Gasteiger partial charge in [-0.15, -0.1) is 0 Å². The van der Waals surface area contributed by atoms with E-state index in [0.29, 0.717) is 17.4 Å². The molecule has 2 atom stereocenters. The molecule has 0 fully saturated rings. The molecule has 0 amide bonds. The summed E-state index contributed by atoms with van der Waals surface area (Å²) in [5.74, 6) is -2.29. The van der Waals surface area contributed by atoms with Gasteiger partial charge < -0.3 is 33.3 Å². The molecule has 0 heterocycles. The van der Waals surface area contributed by atoms with Crippen LogP contribution in [0.3, 0.4) is 0 Å². The number of hydrogen-bond acceptors (Lipinski definition) is 8. The molecule has 9 heteroatoms. The van der Waals surface area contributed by atoms with Crippen LogP contribution in [-0.4, -0.2) is 82.3 Å². The first-order valence-electron chi connectivity index (χ1n) is 42.2. The molecule has 105 heavy (non-hydrogen) atoms. The van der Waals surface area contributed by atoms with Crippen molar-refractivity contribution in [3.05, 3.63) is 207 Å². The number of esters is 2. The lowest BCUT2D eigenvalue weighted by Gasteiger charge is -2.26. The maximum absolute atomic E-state index is 13.0. The Morgan fingerprint density at radius 1 is 0.286 bits per heavy atom. The fraction of sp³-hybridized carbons (Fsp3) is 0.615. The number of quaternary nitrogens is 1. The lowest BCUT2D eigenvalue weighted by atomic mass is 10.0. The van der Waals surface area contributed by atoms with Gasteiger partial charge in [-0.3, -0.25) is 9.59 Å². The Bertz CT molecular complexity index is 2500. The van der Waals surface area contributed by atoms with E-state index in [1.807, 2.05) is 21.1 Å². The standard InChI is InChI=1S/C96H155NO8/c1-6-8-10-12-14-16-18-20-22-24-26-28-30-32-34-36-38-40-42-44-46-47-49-51-53-55-57-59-61-63-65-67-69-71-73-75-77-79-81-83-85-87-94(99)105-92(91-104-96(95(100)101)102-89-88-97(3,4)5)90-103-93(98)86-84-82-80-78-76-74-72-70-68-66-64-62-60-58-56-54-52-50-48-45-43-41-39-37-35-33-31-29-27-25-23-21-19-17-15-13-11-9-7-2/h8-11,14-17,20-23,26-29,32-35,38-41,44-46,48-49,51-52,54-55,57,92,96H,6-7,12-13,18-19,24-25,30-31,36-37,42-43,47,50,53,56,58-91H2,1-5H3/b10-8-,11-9-,16-14-,17-15-,22-20-,23-21-,28-26-,29-27-,34-32-,35-33-,40-38-,41-39-,46-44-,48-45-,51-49-,54-52-,57-55-. The summed E-state index contributed by atoms with van der Waals surface area (Å²) in [5.41, 5.74) is 0. The predicted molar refractivity (Wildman–Crippen MR) is 453 cm³/mol. The van der Waals surface area contributed by atoms with Crippen molar-refractivity contribution >= 4 is 17.9 Å². The molecular weight excluding hydrogens is 1300 g/mol. The van der Waals surface area contributed by atoms with Crippen molar-refractivity contribution < 1.29 is 42.9 Å². The summed E-state index contributed by atoms with van der Waals surface area (Å²) in [7, 11) is 5.93. The number of likely N-dealkylation sites (N-methyl/N-ethyl adjacent to an activating group) is 1. The van der Waals surface area contributed by atoms with Gasteiger partial charge in [0, 0.05) is 12.8 Å². The van der Waals surface area contributed by atoms with E-state index in [-0.39, 0.29) is 38.6 Å². The molecule has 0 N–H and O–H groups in total. The SMILES string of the molecule is CC/C=C\C/C=C\C/C=C\C/C=C\C/C=C\C/C=C\C/C=C\C/C=C\C/C=C\CCCCCCCCCCCCCCCC(=O)OC(COC(=O)CCCCCCCCCCCCCCCC/C=C\C/C=C\C/C=C\C/C=C\C/C=C\C/C=C\C/C=C\C/C=C\CC)COC(OCC[N+](C)(C)C)C(=O)[O-]. The maximum Gasteiger partial charge on any atom is 0.306 e. The molecule has 0 radical (unpaired) electrons. The zero-order valence-electron chi connectivity index (χ0n) is 67.8. The van der Waals surface area contributed by atoms with E-state index in [2.05, 4.69) is 220 Å². The summed E-state index contributed by atoms with van der Waals surface area (Å²) >= 11 is 0. The van der Waals surface area contributed by atoms with Crippen LogP contribution in [-0.2, 0) is 33.3 Å². The number of rotatable bonds is 76. The summed E-state index contributed by atoms with van der Waals surface area (Å²) in [5, 5.41) is 11.9. The third-order valence-electron chi connectivity index (χ3n) is 17.5. The Morgan fingerprint density at radius 2 is 0.514 bits per heavy atom. The van der Waals surface area contributed by atoms with Gasteiger partial charge in [0.2, 0.25) is 0 Å². The minimum absolute atomic E-state index is 0.140. The fourth-order valence-electron chi connectivity index (χ4n) is 11.2. The van der Waals surface area contributed by atoms with E-state index < -0.39 is 24.3 Å². The van der Waals surface area contributed by atoms with Gasteiger partial charge in [0.25, 0.3) is 0 Å². The molecule has 0 spiro atoms. The van der Waals surface area contributed by atoms with Crippen LogP contribution in [0.15, 0.2) is 207 Å². The normalized spacial score (nSPS) is 13.7. The van der Waals surface area contributed by atoms with E-state index >= 15 is 0 Å². The van der Waals surface area contributed by atoms with Gasteiger partial charge in [-0.05, 0) is 148 Å². The van der Waals surface area contributed by atoms with Gasteiger partial charge in [-0.1, -0.05) is 368 Å². The molecule has 0 saturated carbocycles. The van der Waals surface area contributed by atoms with Gasteiger partial charge in [0.15, 0.2) is 12.4 Å². The molecule has 0 aromatic carbocycles. The van der Waals surface area contributed by atoms with Gasteiger partial charge in [-0.2, -0.15) is 0 Å². The second kappa shape index (κ2) is 83.5. The number of carbonyl (C=O) groups excluding carboxylic acids is 3. The summed E-state index contributed by atoms with van der Waals surface area (Å²) < 4.78 is 22.9. The lowest BCUT2D eigenvalue weighted by molar-refractivity contribution is -0.870. The monoisotopic (exact) mass is 1450 g/mol. The van der Waals surface area contributed by atoms with Crippen LogP contribution in [0, 0.1) is 0 Å².